The predicted octanol–water partition coefficient (Wildman–Crippen LogP) is 1.68. The van der Waals surface area contributed by atoms with Crippen molar-refractivity contribution in [3.05, 3.63) is 29.8 Å². The van der Waals surface area contributed by atoms with Gasteiger partial charge in [0, 0.05) is 11.7 Å². The highest BCUT2D eigenvalue weighted by molar-refractivity contribution is 5.39. The standard InChI is InChI=1S/C9H14N2/c1-2-9(11)7-3-5-8(10)6-4-7/h3-6,9H,2,10-11H2,1H3. The summed E-state index contributed by atoms with van der Waals surface area (Å²) in [5.74, 6) is 0. The van der Waals surface area contributed by atoms with Gasteiger partial charge in [0.25, 0.3) is 0 Å². The molecular weight excluding hydrogens is 136 g/mol. The van der Waals surface area contributed by atoms with Gasteiger partial charge in [-0.05, 0) is 24.1 Å². The van der Waals surface area contributed by atoms with Crippen molar-refractivity contribution in [2.45, 2.75) is 19.4 Å². The van der Waals surface area contributed by atoms with Crippen molar-refractivity contribution in [2.75, 3.05) is 5.73 Å². The maximum atomic E-state index is 5.80. The van der Waals surface area contributed by atoms with Gasteiger partial charge in [-0.15, -0.1) is 0 Å². The van der Waals surface area contributed by atoms with Crippen molar-refractivity contribution >= 4 is 5.69 Å². The van der Waals surface area contributed by atoms with Gasteiger partial charge in [-0.3, -0.25) is 0 Å². The molecule has 1 rings (SSSR count). The molecule has 0 aliphatic carbocycles. The van der Waals surface area contributed by atoms with Crippen LogP contribution in [0.25, 0.3) is 0 Å². The van der Waals surface area contributed by atoms with Gasteiger partial charge in [0.1, 0.15) is 0 Å². The summed E-state index contributed by atoms with van der Waals surface area (Å²) in [5, 5.41) is 0. The maximum Gasteiger partial charge on any atom is 0.0314 e. The third kappa shape index (κ3) is 1.95. The van der Waals surface area contributed by atoms with Crippen molar-refractivity contribution in [3.8, 4) is 0 Å². The molecule has 4 N–H and O–H groups in total. The summed E-state index contributed by atoms with van der Waals surface area (Å²) in [6, 6.07) is 7.86. The zero-order valence-electron chi connectivity index (χ0n) is 6.75. The second-order valence-electron chi connectivity index (χ2n) is 2.68. The SMILES string of the molecule is CCC(N)c1ccc(N)cc1. The monoisotopic (exact) mass is 150 g/mol. The van der Waals surface area contributed by atoms with Crippen LogP contribution in [0, 0.1) is 0 Å². The minimum Gasteiger partial charge on any atom is -0.399 e. The Morgan fingerprint density at radius 2 is 1.82 bits per heavy atom. The molecule has 2 heteroatoms. The molecule has 0 saturated carbocycles. The number of anilines is 1. The Balaban J connectivity index is 2.81. The maximum absolute atomic E-state index is 5.80. The van der Waals surface area contributed by atoms with Crippen LogP contribution >= 0.6 is 0 Å². The third-order valence-electron chi connectivity index (χ3n) is 1.80. The van der Waals surface area contributed by atoms with Gasteiger partial charge in [0.2, 0.25) is 0 Å². The molecule has 0 saturated heterocycles. The van der Waals surface area contributed by atoms with Crippen LogP contribution in [0.4, 0.5) is 5.69 Å². The predicted molar refractivity (Wildman–Crippen MR) is 48.1 cm³/mol. The molecular formula is C9H14N2. The molecule has 1 aromatic rings. The zero-order chi connectivity index (χ0) is 8.27. The van der Waals surface area contributed by atoms with Crippen molar-refractivity contribution in [1.29, 1.82) is 0 Å². The number of nitrogens with two attached hydrogens (primary N) is 2. The van der Waals surface area contributed by atoms with Crippen molar-refractivity contribution in [2.24, 2.45) is 5.73 Å². The summed E-state index contributed by atoms with van der Waals surface area (Å²) in [6.07, 6.45) is 0.962. The molecule has 11 heavy (non-hydrogen) atoms. The van der Waals surface area contributed by atoms with E-state index in [1.54, 1.807) is 0 Å². The van der Waals surface area contributed by atoms with Crippen LogP contribution < -0.4 is 11.5 Å². The number of hydrogen-bond acceptors (Lipinski definition) is 2. The lowest BCUT2D eigenvalue weighted by Gasteiger charge is -2.08. The Morgan fingerprint density at radius 1 is 1.27 bits per heavy atom. The van der Waals surface area contributed by atoms with E-state index in [1.807, 2.05) is 24.3 Å². The molecule has 0 amide bonds. The second kappa shape index (κ2) is 3.39. The summed E-state index contributed by atoms with van der Waals surface area (Å²) < 4.78 is 0. The van der Waals surface area contributed by atoms with Gasteiger partial charge in [-0.1, -0.05) is 19.1 Å². The molecule has 0 fully saturated rings. The van der Waals surface area contributed by atoms with Crippen LogP contribution in [-0.4, -0.2) is 0 Å². The molecule has 0 spiro atoms. The van der Waals surface area contributed by atoms with E-state index in [0.29, 0.717) is 0 Å². The van der Waals surface area contributed by atoms with E-state index in [9.17, 15) is 0 Å². The zero-order valence-corrected chi connectivity index (χ0v) is 6.75. The number of rotatable bonds is 2. The minimum absolute atomic E-state index is 0.149. The number of benzene rings is 1. The Labute approximate surface area is 67.2 Å². The van der Waals surface area contributed by atoms with Crippen LogP contribution in [0.2, 0.25) is 0 Å². The van der Waals surface area contributed by atoms with Crippen molar-refractivity contribution in [1.82, 2.24) is 0 Å². The molecule has 0 aliphatic heterocycles. The first-order chi connectivity index (χ1) is 5.24. The normalized spacial score (nSPS) is 12.9. The third-order valence-corrected chi connectivity index (χ3v) is 1.80. The molecule has 0 heterocycles. The Morgan fingerprint density at radius 3 is 2.27 bits per heavy atom. The smallest absolute Gasteiger partial charge is 0.0314 e. The molecule has 60 valence electrons. The van der Waals surface area contributed by atoms with Gasteiger partial charge >= 0.3 is 0 Å². The first kappa shape index (κ1) is 8.08. The lowest BCUT2D eigenvalue weighted by molar-refractivity contribution is 0.699. The van der Waals surface area contributed by atoms with E-state index < -0.39 is 0 Å². The molecule has 0 radical (unpaired) electrons. The van der Waals surface area contributed by atoms with Crippen molar-refractivity contribution < 1.29 is 0 Å². The highest BCUT2D eigenvalue weighted by Gasteiger charge is 2.00. The van der Waals surface area contributed by atoms with Gasteiger partial charge in [0.15, 0.2) is 0 Å². The average Bonchev–Trinajstić information content (AvgIpc) is 2.05. The lowest BCUT2D eigenvalue weighted by Crippen LogP contribution is -2.08. The topological polar surface area (TPSA) is 52.0 Å². The fraction of sp³-hybridized carbons (Fsp3) is 0.333. The highest BCUT2D eigenvalue weighted by atomic mass is 14.6. The van der Waals surface area contributed by atoms with Gasteiger partial charge < -0.3 is 11.5 Å². The fourth-order valence-corrected chi connectivity index (χ4v) is 0.979. The van der Waals surface area contributed by atoms with E-state index in [4.69, 9.17) is 11.5 Å². The van der Waals surface area contributed by atoms with Crippen LogP contribution in [-0.2, 0) is 0 Å². The Kier molecular flexibility index (Phi) is 2.49. The molecule has 1 atom stereocenters. The molecule has 0 aromatic heterocycles. The molecule has 1 unspecified atom stereocenters. The summed E-state index contributed by atoms with van der Waals surface area (Å²) >= 11 is 0. The molecule has 2 nitrogen and oxygen atoms in total. The molecule has 1 aromatic carbocycles. The van der Waals surface area contributed by atoms with Crippen LogP contribution in [0.1, 0.15) is 24.9 Å². The van der Waals surface area contributed by atoms with Crippen molar-refractivity contribution in [3.63, 3.8) is 0 Å². The van der Waals surface area contributed by atoms with Crippen LogP contribution in [0.3, 0.4) is 0 Å². The van der Waals surface area contributed by atoms with E-state index >= 15 is 0 Å². The number of hydrogen-bond donors (Lipinski definition) is 2. The van der Waals surface area contributed by atoms with Gasteiger partial charge in [0.05, 0.1) is 0 Å². The minimum atomic E-state index is 0.149. The summed E-state index contributed by atoms with van der Waals surface area (Å²) in [5.41, 5.74) is 13.3. The average molecular weight is 150 g/mol. The highest BCUT2D eigenvalue weighted by Crippen LogP contribution is 2.14. The summed E-state index contributed by atoms with van der Waals surface area (Å²) in [6.45, 7) is 2.07. The van der Waals surface area contributed by atoms with E-state index in [-0.39, 0.29) is 6.04 Å². The lowest BCUT2D eigenvalue weighted by atomic mass is 10.1. The summed E-state index contributed by atoms with van der Waals surface area (Å²) in [4.78, 5) is 0. The van der Waals surface area contributed by atoms with E-state index in [1.165, 1.54) is 0 Å². The Bertz CT molecular complexity index is 216. The second-order valence-corrected chi connectivity index (χ2v) is 2.68. The molecule has 0 aliphatic rings. The van der Waals surface area contributed by atoms with Crippen LogP contribution in [0.15, 0.2) is 24.3 Å². The molecule has 0 bridgehead atoms. The Hall–Kier alpha value is -1.02. The largest absolute Gasteiger partial charge is 0.399 e. The number of nitrogen functional groups attached to an aromatic ring is 1. The van der Waals surface area contributed by atoms with E-state index in [2.05, 4.69) is 6.92 Å². The summed E-state index contributed by atoms with van der Waals surface area (Å²) in [7, 11) is 0. The quantitative estimate of drug-likeness (QED) is 0.630. The first-order valence-corrected chi connectivity index (χ1v) is 3.85. The van der Waals surface area contributed by atoms with Gasteiger partial charge in [-0.2, -0.15) is 0 Å². The van der Waals surface area contributed by atoms with Crippen LogP contribution in [0.5, 0.6) is 0 Å². The van der Waals surface area contributed by atoms with E-state index in [0.717, 1.165) is 17.7 Å². The fourth-order valence-electron chi connectivity index (χ4n) is 0.979. The first-order valence-electron chi connectivity index (χ1n) is 3.85. The van der Waals surface area contributed by atoms with Gasteiger partial charge in [-0.25, -0.2) is 0 Å².